The third-order valence-corrected chi connectivity index (χ3v) is 3.40. The minimum absolute atomic E-state index is 0.00256. The summed E-state index contributed by atoms with van der Waals surface area (Å²) in [6.45, 7) is 2.31. The molecule has 3 nitrogen and oxygen atoms in total. The third-order valence-electron chi connectivity index (χ3n) is 3.40. The van der Waals surface area contributed by atoms with Crippen LogP contribution in [0.25, 0.3) is 0 Å². The highest BCUT2D eigenvalue weighted by molar-refractivity contribution is 5.33. The predicted molar refractivity (Wildman–Crippen MR) is 81.4 cm³/mol. The minimum atomic E-state index is -0.294. The van der Waals surface area contributed by atoms with Crippen LogP contribution in [0.3, 0.4) is 0 Å². The van der Waals surface area contributed by atoms with Crippen LogP contribution in [0.1, 0.15) is 17.2 Å². The predicted octanol–water partition coefficient (Wildman–Crippen LogP) is 3.48. The van der Waals surface area contributed by atoms with Gasteiger partial charge < -0.3 is 14.8 Å². The molecular formula is C17H20FNO2. The van der Waals surface area contributed by atoms with Crippen LogP contribution in [0.5, 0.6) is 11.5 Å². The topological polar surface area (TPSA) is 30.5 Å². The first kappa shape index (κ1) is 15.3. The molecule has 0 saturated carbocycles. The smallest absolute Gasteiger partial charge is 0.126 e. The van der Waals surface area contributed by atoms with E-state index in [9.17, 15) is 4.39 Å². The van der Waals surface area contributed by atoms with Gasteiger partial charge in [-0.15, -0.1) is 0 Å². The van der Waals surface area contributed by atoms with Gasteiger partial charge in [-0.25, -0.2) is 4.39 Å². The Kier molecular flexibility index (Phi) is 5.17. The molecule has 21 heavy (non-hydrogen) atoms. The molecule has 2 aromatic rings. The third kappa shape index (κ3) is 3.95. The van der Waals surface area contributed by atoms with Crippen molar-refractivity contribution in [3.63, 3.8) is 0 Å². The molecule has 0 aliphatic carbocycles. The number of halogens is 1. The van der Waals surface area contributed by atoms with Crippen molar-refractivity contribution in [2.45, 2.75) is 13.0 Å². The van der Waals surface area contributed by atoms with Crippen LogP contribution in [0.2, 0.25) is 0 Å². The Hall–Kier alpha value is -2.07. The lowest BCUT2D eigenvalue weighted by Crippen LogP contribution is -2.23. The lowest BCUT2D eigenvalue weighted by atomic mass is 10.1. The number of rotatable bonds is 6. The maximum atomic E-state index is 13.3. The molecule has 0 spiro atoms. The average Bonchev–Trinajstić information content (AvgIpc) is 2.51. The van der Waals surface area contributed by atoms with Crippen molar-refractivity contribution in [1.82, 2.24) is 5.32 Å². The first-order valence-electron chi connectivity index (χ1n) is 6.84. The van der Waals surface area contributed by atoms with Gasteiger partial charge >= 0.3 is 0 Å². The van der Waals surface area contributed by atoms with E-state index in [1.165, 1.54) is 12.1 Å². The minimum Gasteiger partial charge on any atom is -0.497 e. The van der Waals surface area contributed by atoms with E-state index in [1.54, 1.807) is 13.2 Å². The number of benzene rings is 2. The summed E-state index contributed by atoms with van der Waals surface area (Å²) >= 11 is 0. The second-order valence-electron chi connectivity index (χ2n) is 4.84. The average molecular weight is 289 g/mol. The van der Waals surface area contributed by atoms with Crippen molar-refractivity contribution in [3.05, 3.63) is 59.4 Å². The second kappa shape index (κ2) is 7.09. The number of methoxy groups -OCH3 is 1. The van der Waals surface area contributed by atoms with Gasteiger partial charge in [0, 0.05) is 6.07 Å². The number of hydrogen-bond acceptors (Lipinski definition) is 3. The molecule has 0 fully saturated rings. The largest absolute Gasteiger partial charge is 0.497 e. The molecule has 0 aliphatic heterocycles. The fourth-order valence-electron chi connectivity index (χ4n) is 2.11. The fourth-order valence-corrected chi connectivity index (χ4v) is 2.11. The van der Waals surface area contributed by atoms with Gasteiger partial charge in [0.2, 0.25) is 0 Å². The van der Waals surface area contributed by atoms with Gasteiger partial charge in [0.25, 0.3) is 0 Å². The molecule has 112 valence electrons. The van der Waals surface area contributed by atoms with Crippen molar-refractivity contribution in [2.24, 2.45) is 0 Å². The zero-order chi connectivity index (χ0) is 15.2. The first-order valence-corrected chi connectivity index (χ1v) is 6.84. The first-order chi connectivity index (χ1) is 10.1. The standard InChI is InChI=1S/C17H20FNO2/c1-12-7-8-14(18)10-17(12)21-11-16(19-2)13-5-4-6-15(9-13)20-3/h4-10,16,19H,11H2,1-3H3. The van der Waals surface area contributed by atoms with Gasteiger partial charge in [-0.05, 0) is 43.3 Å². The molecule has 0 amide bonds. The summed E-state index contributed by atoms with van der Waals surface area (Å²) in [6, 6.07) is 12.4. The number of hydrogen-bond donors (Lipinski definition) is 1. The van der Waals surface area contributed by atoms with E-state index in [0.29, 0.717) is 12.4 Å². The zero-order valence-corrected chi connectivity index (χ0v) is 12.5. The highest BCUT2D eigenvalue weighted by atomic mass is 19.1. The maximum Gasteiger partial charge on any atom is 0.126 e. The van der Waals surface area contributed by atoms with Crippen LogP contribution in [-0.2, 0) is 0 Å². The molecule has 0 bridgehead atoms. The van der Waals surface area contributed by atoms with Gasteiger partial charge in [0.15, 0.2) is 0 Å². The Labute approximate surface area is 124 Å². The van der Waals surface area contributed by atoms with E-state index in [-0.39, 0.29) is 11.9 Å². The lowest BCUT2D eigenvalue weighted by Gasteiger charge is -2.19. The van der Waals surface area contributed by atoms with E-state index in [2.05, 4.69) is 5.32 Å². The molecule has 1 N–H and O–H groups in total. The van der Waals surface area contributed by atoms with E-state index in [0.717, 1.165) is 16.9 Å². The van der Waals surface area contributed by atoms with Crippen LogP contribution in [-0.4, -0.2) is 20.8 Å². The van der Waals surface area contributed by atoms with E-state index >= 15 is 0 Å². The number of nitrogens with one attached hydrogen (secondary N) is 1. The molecule has 0 radical (unpaired) electrons. The van der Waals surface area contributed by atoms with Crippen LogP contribution < -0.4 is 14.8 Å². The molecule has 1 unspecified atom stereocenters. The van der Waals surface area contributed by atoms with E-state index in [4.69, 9.17) is 9.47 Å². The van der Waals surface area contributed by atoms with E-state index < -0.39 is 0 Å². The van der Waals surface area contributed by atoms with Crippen LogP contribution in [0, 0.1) is 12.7 Å². The van der Waals surface area contributed by atoms with Crippen molar-refractivity contribution >= 4 is 0 Å². The Morgan fingerprint density at radius 2 is 2.00 bits per heavy atom. The summed E-state index contributed by atoms with van der Waals surface area (Å²) in [6.07, 6.45) is 0. The summed E-state index contributed by atoms with van der Waals surface area (Å²) in [5.74, 6) is 1.07. The lowest BCUT2D eigenvalue weighted by molar-refractivity contribution is 0.270. The van der Waals surface area contributed by atoms with Gasteiger partial charge in [-0.2, -0.15) is 0 Å². The summed E-state index contributed by atoms with van der Waals surface area (Å²) in [5.41, 5.74) is 1.97. The summed E-state index contributed by atoms with van der Waals surface area (Å²) in [5, 5.41) is 3.20. The zero-order valence-electron chi connectivity index (χ0n) is 12.5. The molecule has 4 heteroatoms. The number of aryl methyl sites for hydroxylation is 1. The van der Waals surface area contributed by atoms with Gasteiger partial charge in [0.05, 0.1) is 13.2 Å². The molecule has 2 rings (SSSR count). The Balaban J connectivity index is 2.10. The van der Waals surface area contributed by atoms with E-state index in [1.807, 2.05) is 38.2 Å². The van der Waals surface area contributed by atoms with Crippen LogP contribution >= 0.6 is 0 Å². The van der Waals surface area contributed by atoms with Gasteiger partial charge in [-0.3, -0.25) is 0 Å². The fraction of sp³-hybridized carbons (Fsp3) is 0.294. The maximum absolute atomic E-state index is 13.3. The molecule has 1 atom stereocenters. The van der Waals surface area contributed by atoms with Crippen molar-refractivity contribution < 1.29 is 13.9 Å². The second-order valence-corrected chi connectivity index (χ2v) is 4.84. The molecule has 0 saturated heterocycles. The molecule has 2 aromatic carbocycles. The van der Waals surface area contributed by atoms with Gasteiger partial charge in [0.1, 0.15) is 23.9 Å². The summed E-state index contributed by atoms with van der Waals surface area (Å²) < 4.78 is 24.2. The highest BCUT2D eigenvalue weighted by Crippen LogP contribution is 2.23. The highest BCUT2D eigenvalue weighted by Gasteiger charge is 2.12. The quantitative estimate of drug-likeness (QED) is 0.883. The Bertz CT molecular complexity index is 601. The van der Waals surface area contributed by atoms with Crippen molar-refractivity contribution in [2.75, 3.05) is 20.8 Å². The monoisotopic (exact) mass is 289 g/mol. The molecule has 0 aliphatic rings. The Morgan fingerprint density at radius 3 is 2.71 bits per heavy atom. The molecule has 0 heterocycles. The van der Waals surface area contributed by atoms with Crippen molar-refractivity contribution in [3.8, 4) is 11.5 Å². The van der Waals surface area contributed by atoms with Crippen LogP contribution in [0.15, 0.2) is 42.5 Å². The number of ether oxygens (including phenoxy) is 2. The van der Waals surface area contributed by atoms with Crippen LogP contribution in [0.4, 0.5) is 4.39 Å². The normalized spacial score (nSPS) is 12.0. The summed E-state index contributed by atoms with van der Waals surface area (Å²) in [7, 11) is 3.51. The molecular weight excluding hydrogens is 269 g/mol. The van der Waals surface area contributed by atoms with Crippen molar-refractivity contribution in [1.29, 1.82) is 0 Å². The van der Waals surface area contributed by atoms with Gasteiger partial charge in [-0.1, -0.05) is 18.2 Å². The number of likely N-dealkylation sites (N-methyl/N-ethyl adjacent to an activating group) is 1. The molecule has 0 aromatic heterocycles. The summed E-state index contributed by atoms with van der Waals surface area (Å²) in [4.78, 5) is 0. The SMILES string of the molecule is CNC(COc1cc(F)ccc1C)c1cccc(OC)c1. The Morgan fingerprint density at radius 1 is 1.19 bits per heavy atom.